The molecule has 0 unspecified atom stereocenters. The van der Waals surface area contributed by atoms with E-state index in [1.165, 1.54) is 34.6 Å². The van der Waals surface area contributed by atoms with Crippen molar-refractivity contribution in [2.24, 2.45) is 0 Å². The zero-order chi connectivity index (χ0) is 18.7. The van der Waals surface area contributed by atoms with Crippen molar-refractivity contribution in [3.63, 3.8) is 0 Å². The minimum atomic E-state index is -3.59. The van der Waals surface area contributed by atoms with Crippen LogP contribution < -0.4 is 5.32 Å². The molecule has 1 fully saturated rings. The lowest BCUT2D eigenvalue weighted by atomic mass is 10.2. The molecule has 2 aromatic rings. The lowest BCUT2D eigenvalue weighted by Crippen LogP contribution is -2.28. The molecule has 26 heavy (non-hydrogen) atoms. The summed E-state index contributed by atoms with van der Waals surface area (Å²) in [5.41, 5.74) is 0.564. The maximum absolute atomic E-state index is 13.8. The van der Waals surface area contributed by atoms with Gasteiger partial charge in [0.05, 0.1) is 4.90 Å². The van der Waals surface area contributed by atoms with Gasteiger partial charge in [-0.05, 0) is 49.2 Å². The highest BCUT2D eigenvalue weighted by molar-refractivity contribution is 9.10. The summed E-state index contributed by atoms with van der Waals surface area (Å²) in [5.74, 6) is -0.873. The van der Waals surface area contributed by atoms with E-state index in [0.29, 0.717) is 23.1 Å². The monoisotopic (exact) mass is 440 g/mol. The van der Waals surface area contributed by atoms with Crippen LogP contribution in [0.1, 0.15) is 28.8 Å². The standard InChI is InChI=1S/C18H18BrFN2O3S/c19-15-6-7-17(20)14(10-15)12-21-18(23)13-4-3-5-16(11-13)26(24,25)22-8-1-2-9-22/h3-7,10-11H,1-2,8-9,12H2,(H,21,23). The van der Waals surface area contributed by atoms with Crippen LogP contribution in [0.2, 0.25) is 0 Å². The average Bonchev–Trinajstić information content (AvgIpc) is 3.18. The SMILES string of the molecule is O=C(NCc1cc(Br)ccc1F)c1cccc(S(=O)(=O)N2CCCC2)c1. The van der Waals surface area contributed by atoms with Gasteiger partial charge in [-0.25, -0.2) is 12.8 Å². The molecule has 0 saturated carbocycles. The summed E-state index contributed by atoms with van der Waals surface area (Å²) >= 11 is 3.26. The van der Waals surface area contributed by atoms with Crippen molar-refractivity contribution in [2.45, 2.75) is 24.3 Å². The summed E-state index contributed by atoms with van der Waals surface area (Å²) in [6, 6.07) is 10.4. The quantitative estimate of drug-likeness (QED) is 0.775. The van der Waals surface area contributed by atoms with Gasteiger partial charge in [-0.2, -0.15) is 4.31 Å². The van der Waals surface area contributed by atoms with Gasteiger partial charge in [-0.15, -0.1) is 0 Å². The molecule has 1 saturated heterocycles. The van der Waals surface area contributed by atoms with Crippen LogP contribution in [0.5, 0.6) is 0 Å². The third-order valence-electron chi connectivity index (χ3n) is 4.25. The Balaban J connectivity index is 1.75. The van der Waals surface area contributed by atoms with Crippen molar-refractivity contribution in [1.29, 1.82) is 0 Å². The van der Waals surface area contributed by atoms with Gasteiger partial charge in [-0.1, -0.05) is 22.0 Å². The summed E-state index contributed by atoms with van der Waals surface area (Å²) < 4.78 is 41.1. The van der Waals surface area contributed by atoms with E-state index in [9.17, 15) is 17.6 Å². The maximum atomic E-state index is 13.8. The van der Waals surface area contributed by atoms with Gasteiger partial charge in [0.1, 0.15) is 5.82 Å². The van der Waals surface area contributed by atoms with E-state index in [1.807, 2.05) is 0 Å². The highest BCUT2D eigenvalue weighted by Gasteiger charge is 2.27. The number of sulfonamides is 1. The van der Waals surface area contributed by atoms with Crippen molar-refractivity contribution in [3.8, 4) is 0 Å². The number of benzene rings is 2. The number of nitrogens with zero attached hydrogens (tertiary/aromatic N) is 1. The third kappa shape index (κ3) is 4.13. The van der Waals surface area contributed by atoms with Crippen molar-refractivity contribution < 1.29 is 17.6 Å². The first-order valence-corrected chi connectivity index (χ1v) is 10.4. The predicted molar refractivity (Wildman–Crippen MR) is 99.7 cm³/mol. The molecule has 5 nitrogen and oxygen atoms in total. The maximum Gasteiger partial charge on any atom is 0.251 e. The highest BCUT2D eigenvalue weighted by atomic mass is 79.9. The molecule has 1 heterocycles. The summed E-state index contributed by atoms with van der Waals surface area (Å²) in [6.45, 7) is 1.01. The number of carbonyl (C=O) groups excluding carboxylic acids is 1. The Morgan fingerprint density at radius 3 is 2.62 bits per heavy atom. The van der Waals surface area contributed by atoms with Crippen LogP contribution in [0.4, 0.5) is 4.39 Å². The molecular formula is C18H18BrFN2O3S. The van der Waals surface area contributed by atoms with Crippen LogP contribution in [0.3, 0.4) is 0 Å². The summed E-state index contributed by atoms with van der Waals surface area (Å²) in [4.78, 5) is 12.5. The van der Waals surface area contributed by atoms with Gasteiger partial charge in [0.15, 0.2) is 0 Å². The summed E-state index contributed by atoms with van der Waals surface area (Å²) in [6.07, 6.45) is 1.69. The zero-order valence-electron chi connectivity index (χ0n) is 13.9. The Labute approximate surface area is 160 Å². The minimum Gasteiger partial charge on any atom is -0.348 e. The highest BCUT2D eigenvalue weighted by Crippen LogP contribution is 2.22. The molecule has 138 valence electrons. The van der Waals surface area contributed by atoms with Gasteiger partial charge >= 0.3 is 0 Å². The Bertz CT molecular complexity index is 928. The van der Waals surface area contributed by atoms with E-state index in [-0.39, 0.29) is 17.0 Å². The second-order valence-corrected chi connectivity index (χ2v) is 8.91. The number of carbonyl (C=O) groups is 1. The fourth-order valence-electron chi connectivity index (χ4n) is 2.83. The smallest absolute Gasteiger partial charge is 0.251 e. The molecule has 2 aromatic carbocycles. The summed E-state index contributed by atoms with van der Waals surface area (Å²) in [7, 11) is -3.59. The van der Waals surface area contributed by atoms with E-state index >= 15 is 0 Å². The average molecular weight is 441 g/mol. The molecule has 0 bridgehead atoms. The number of hydrogen-bond donors (Lipinski definition) is 1. The number of nitrogens with one attached hydrogen (secondary N) is 1. The number of halogens is 2. The molecule has 3 rings (SSSR count). The fourth-order valence-corrected chi connectivity index (χ4v) is 4.80. The third-order valence-corrected chi connectivity index (χ3v) is 6.63. The van der Waals surface area contributed by atoms with E-state index in [1.54, 1.807) is 12.1 Å². The van der Waals surface area contributed by atoms with Gasteiger partial charge in [-0.3, -0.25) is 4.79 Å². The van der Waals surface area contributed by atoms with Gasteiger partial charge in [0.2, 0.25) is 10.0 Å². The van der Waals surface area contributed by atoms with Crippen LogP contribution in [0.15, 0.2) is 51.8 Å². The molecule has 1 amide bonds. The van der Waals surface area contributed by atoms with E-state index in [2.05, 4.69) is 21.2 Å². The molecule has 1 N–H and O–H groups in total. The normalized spacial score (nSPS) is 15.2. The second-order valence-electron chi connectivity index (χ2n) is 6.06. The van der Waals surface area contributed by atoms with Gasteiger partial charge < -0.3 is 5.32 Å². The Morgan fingerprint density at radius 1 is 1.15 bits per heavy atom. The Hall–Kier alpha value is -1.77. The van der Waals surface area contributed by atoms with Gasteiger partial charge in [0.25, 0.3) is 5.91 Å². The predicted octanol–water partition coefficient (Wildman–Crippen LogP) is 3.30. The Morgan fingerprint density at radius 2 is 1.88 bits per heavy atom. The summed E-state index contributed by atoms with van der Waals surface area (Å²) in [5, 5.41) is 2.62. The first-order valence-electron chi connectivity index (χ1n) is 8.20. The molecule has 8 heteroatoms. The van der Waals surface area contributed by atoms with Crippen LogP contribution in [0.25, 0.3) is 0 Å². The van der Waals surface area contributed by atoms with Crippen molar-refractivity contribution in [1.82, 2.24) is 9.62 Å². The topological polar surface area (TPSA) is 66.5 Å². The molecule has 0 spiro atoms. The molecule has 0 atom stereocenters. The van der Waals surface area contributed by atoms with Crippen molar-refractivity contribution in [2.75, 3.05) is 13.1 Å². The first kappa shape index (κ1) is 19.0. The van der Waals surface area contributed by atoms with Crippen LogP contribution >= 0.6 is 15.9 Å². The zero-order valence-corrected chi connectivity index (χ0v) is 16.3. The lowest BCUT2D eigenvalue weighted by molar-refractivity contribution is 0.0950. The second kappa shape index (κ2) is 7.85. The Kier molecular flexibility index (Phi) is 5.74. The molecular weight excluding hydrogens is 423 g/mol. The fraction of sp³-hybridized carbons (Fsp3) is 0.278. The van der Waals surface area contributed by atoms with Crippen molar-refractivity contribution >= 4 is 31.9 Å². The molecule has 0 radical (unpaired) electrons. The molecule has 1 aliphatic heterocycles. The van der Waals surface area contributed by atoms with E-state index in [0.717, 1.165) is 12.8 Å². The molecule has 1 aliphatic rings. The molecule has 0 aliphatic carbocycles. The van der Waals surface area contributed by atoms with E-state index in [4.69, 9.17) is 0 Å². The number of rotatable bonds is 5. The number of hydrogen-bond acceptors (Lipinski definition) is 3. The largest absolute Gasteiger partial charge is 0.348 e. The molecule has 0 aromatic heterocycles. The van der Waals surface area contributed by atoms with Gasteiger partial charge in [0, 0.05) is 35.2 Å². The lowest BCUT2D eigenvalue weighted by Gasteiger charge is -2.16. The first-order chi connectivity index (χ1) is 12.4. The van der Waals surface area contributed by atoms with Crippen LogP contribution in [-0.2, 0) is 16.6 Å². The van der Waals surface area contributed by atoms with E-state index < -0.39 is 21.7 Å². The minimum absolute atomic E-state index is 0.00715. The van der Waals surface area contributed by atoms with Crippen LogP contribution in [-0.4, -0.2) is 31.7 Å². The number of amides is 1. The van der Waals surface area contributed by atoms with Crippen molar-refractivity contribution in [3.05, 3.63) is 63.9 Å². The van der Waals surface area contributed by atoms with Crippen LogP contribution in [0, 0.1) is 5.82 Å².